The summed E-state index contributed by atoms with van der Waals surface area (Å²) in [6.07, 6.45) is 0.746. The lowest BCUT2D eigenvalue weighted by Gasteiger charge is -2.25. The van der Waals surface area contributed by atoms with Gasteiger partial charge in [-0.25, -0.2) is 0 Å². The number of carbonyl (C=O) groups is 2. The number of hydrogen-bond donors (Lipinski definition) is 0. The number of nitrogens with zero attached hydrogens (tertiary/aromatic N) is 2. The molecule has 2 aromatic carbocycles. The standard InChI is InChI=1S/C24H30N2O5S/c1-5-30-23(28)16-25(3)13-8-14-31-21-12-11-18(29-4)15-19(21)24-26(17(2)27)20-9-6-7-10-22(20)32-24/h6-7,9-12,15,24H,5,8,13-14,16H2,1-4H3. The molecule has 32 heavy (non-hydrogen) atoms. The Labute approximate surface area is 193 Å². The summed E-state index contributed by atoms with van der Waals surface area (Å²) in [5.74, 6) is 1.18. The molecule has 172 valence electrons. The fourth-order valence-corrected chi connectivity index (χ4v) is 4.96. The van der Waals surface area contributed by atoms with Gasteiger partial charge in [0, 0.05) is 23.9 Å². The van der Waals surface area contributed by atoms with Crippen molar-refractivity contribution in [3.05, 3.63) is 48.0 Å². The Bertz CT molecular complexity index is 952. The molecular formula is C24H30N2O5S. The molecule has 0 saturated heterocycles. The molecule has 0 aliphatic carbocycles. The molecule has 0 bridgehead atoms. The van der Waals surface area contributed by atoms with Crippen molar-refractivity contribution in [2.24, 2.45) is 0 Å². The van der Waals surface area contributed by atoms with E-state index in [2.05, 4.69) is 0 Å². The maximum Gasteiger partial charge on any atom is 0.320 e. The lowest BCUT2D eigenvalue weighted by molar-refractivity contribution is -0.144. The van der Waals surface area contributed by atoms with Crippen LogP contribution in [0, 0.1) is 0 Å². The number of amides is 1. The second-order valence-electron chi connectivity index (χ2n) is 7.48. The zero-order valence-electron chi connectivity index (χ0n) is 19.0. The van der Waals surface area contributed by atoms with Crippen molar-refractivity contribution in [3.8, 4) is 11.5 Å². The second kappa shape index (κ2) is 11.2. The highest BCUT2D eigenvalue weighted by Crippen LogP contribution is 2.53. The molecule has 2 aromatic rings. The highest BCUT2D eigenvalue weighted by atomic mass is 32.2. The van der Waals surface area contributed by atoms with Crippen LogP contribution in [-0.2, 0) is 14.3 Å². The SMILES string of the molecule is CCOC(=O)CN(C)CCCOc1ccc(OC)cc1C1Sc2ccccc2N1C(C)=O. The minimum Gasteiger partial charge on any atom is -0.497 e. The first-order valence-corrected chi connectivity index (χ1v) is 11.5. The molecule has 1 atom stereocenters. The Balaban J connectivity index is 1.71. The Morgan fingerprint density at radius 2 is 1.97 bits per heavy atom. The third-order valence-corrected chi connectivity index (χ3v) is 6.35. The fourth-order valence-electron chi connectivity index (χ4n) is 3.59. The van der Waals surface area contributed by atoms with E-state index in [1.54, 1.807) is 37.6 Å². The largest absolute Gasteiger partial charge is 0.497 e. The van der Waals surface area contributed by atoms with Gasteiger partial charge in [0.1, 0.15) is 16.9 Å². The van der Waals surface area contributed by atoms with Gasteiger partial charge in [-0.05, 0) is 50.7 Å². The van der Waals surface area contributed by atoms with E-state index < -0.39 is 0 Å². The van der Waals surface area contributed by atoms with E-state index in [1.165, 1.54) is 0 Å². The summed E-state index contributed by atoms with van der Waals surface area (Å²) in [6, 6.07) is 13.6. The van der Waals surface area contributed by atoms with E-state index in [0.717, 1.165) is 28.3 Å². The number of methoxy groups -OCH3 is 1. The van der Waals surface area contributed by atoms with Gasteiger partial charge in [-0.1, -0.05) is 23.9 Å². The Morgan fingerprint density at radius 1 is 1.19 bits per heavy atom. The van der Waals surface area contributed by atoms with Crippen LogP contribution in [0.25, 0.3) is 0 Å². The number of benzene rings is 2. The van der Waals surface area contributed by atoms with E-state index >= 15 is 0 Å². The zero-order chi connectivity index (χ0) is 23.1. The first kappa shape index (κ1) is 23.9. The smallest absolute Gasteiger partial charge is 0.320 e. The number of anilines is 1. The first-order chi connectivity index (χ1) is 15.4. The Hall–Kier alpha value is -2.71. The van der Waals surface area contributed by atoms with Crippen LogP contribution in [0.5, 0.6) is 11.5 Å². The van der Waals surface area contributed by atoms with Gasteiger partial charge in [-0.15, -0.1) is 0 Å². The van der Waals surface area contributed by atoms with Gasteiger partial charge >= 0.3 is 5.97 Å². The third kappa shape index (κ3) is 5.75. The van der Waals surface area contributed by atoms with Gasteiger partial charge in [0.05, 0.1) is 32.6 Å². The minimum atomic E-state index is -0.235. The van der Waals surface area contributed by atoms with Crippen LogP contribution >= 0.6 is 11.8 Å². The van der Waals surface area contributed by atoms with Gasteiger partial charge in [0.2, 0.25) is 5.91 Å². The Kier molecular flexibility index (Phi) is 8.41. The highest BCUT2D eigenvalue weighted by Gasteiger charge is 2.35. The van der Waals surface area contributed by atoms with Crippen LogP contribution in [0.15, 0.2) is 47.4 Å². The van der Waals surface area contributed by atoms with Crippen LogP contribution in [0.4, 0.5) is 5.69 Å². The monoisotopic (exact) mass is 458 g/mol. The zero-order valence-corrected chi connectivity index (χ0v) is 19.8. The molecule has 8 heteroatoms. The van der Waals surface area contributed by atoms with E-state index in [-0.39, 0.29) is 23.8 Å². The molecule has 7 nitrogen and oxygen atoms in total. The number of carbonyl (C=O) groups excluding carboxylic acids is 2. The predicted octanol–water partition coefficient (Wildman–Crippen LogP) is 4.12. The van der Waals surface area contributed by atoms with E-state index in [0.29, 0.717) is 25.5 Å². The normalized spacial score (nSPS) is 14.9. The van der Waals surface area contributed by atoms with E-state index in [4.69, 9.17) is 14.2 Å². The topological polar surface area (TPSA) is 68.3 Å². The van der Waals surface area contributed by atoms with Gasteiger partial charge in [0.15, 0.2) is 0 Å². The van der Waals surface area contributed by atoms with Gasteiger partial charge < -0.3 is 14.2 Å². The summed E-state index contributed by atoms with van der Waals surface area (Å²) in [7, 11) is 3.51. The van der Waals surface area contributed by atoms with Crippen molar-refractivity contribution in [2.45, 2.75) is 30.5 Å². The summed E-state index contributed by atoms with van der Waals surface area (Å²) < 4.78 is 16.5. The number of esters is 1. The van der Waals surface area contributed by atoms with Crippen LogP contribution in [0.1, 0.15) is 31.2 Å². The number of para-hydroxylation sites is 1. The van der Waals surface area contributed by atoms with Crippen molar-refractivity contribution in [3.63, 3.8) is 0 Å². The summed E-state index contributed by atoms with van der Waals surface area (Å²) in [5, 5.41) is -0.235. The van der Waals surface area contributed by atoms with Gasteiger partial charge in [-0.2, -0.15) is 0 Å². The number of ether oxygens (including phenoxy) is 3. The number of thioether (sulfide) groups is 1. The third-order valence-electron chi connectivity index (χ3n) is 5.07. The maximum atomic E-state index is 12.5. The van der Waals surface area contributed by atoms with Crippen LogP contribution in [0.3, 0.4) is 0 Å². The molecule has 0 N–H and O–H groups in total. The average Bonchev–Trinajstić information content (AvgIpc) is 3.16. The summed E-state index contributed by atoms with van der Waals surface area (Å²) in [4.78, 5) is 28.9. The average molecular weight is 459 g/mol. The lowest BCUT2D eigenvalue weighted by atomic mass is 10.1. The molecule has 1 aliphatic heterocycles. The molecule has 0 fully saturated rings. The molecule has 3 rings (SSSR count). The van der Waals surface area contributed by atoms with E-state index in [1.807, 2.05) is 54.4 Å². The molecule has 1 heterocycles. The van der Waals surface area contributed by atoms with Crippen LogP contribution in [0.2, 0.25) is 0 Å². The molecule has 0 saturated carbocycles. The summed E-state index contributed by atoms with van der Waals surface area (Å²) >= 11 is 1.62. The lowest BCUT2D eigenvalue weighted by Crippen LogP contribution is -2.29. The van der Waals surface area contributed by atoms with Crippen molar-refractivity contribution >= 4 is 29.3 Å². The summed E-state index contributed by atoms with van der Waals surface area (Å²) in [5.41, 5.74) is 1.80. The van der Waals surface area contributed by atoms with Gasteiger partial charge in [0.25, 0.3) is 0 Å². The molecule has 0 radical (unpaired) electrons. The quantitative estimate of drug-likeness (QED) is 0.392. The fraction of sp³-hybridized carbons (Fsp3) is 0.417. The summed E-state index contributed by atoms with van der Waals surface area (Å²) in [6.45, 7) is 5.20. The number of hydrogen-bond acceptors (Lipinski definition) is 7. The molecule has 1 aliphatic rings. The minimum absolute atomic E-state index is 0.0261. The van der Waals surface area contributed by atoms with Crippen molar-refractivity contribution in [2.75, 3.05) is 45.4 Å². The van der Waals surface area contributed by atoms with Crippen molar-refractivity contribution in [1.82, 2.24) is 4.90 Å². The second-order valence-corrected chi connectivity index (χ2v) is 8.60. The van der Waals surface area contributed by atoms with Crippen molar-refractivity contribution in [1.29, 1.82) is 0 Å². The van der Waals surface area contributed by atoms with Gasteiger partial charge in [-0.3, -0.25) is 19.4 Å². The predicted molar refractivity (Wildman–Crippen MR) is 125 cm³/mol. The number of likely N-dealkylation sites (N-methyl/N-ethyl adjacent to an activating group) is 1. The first-order valence-electron chi connectivity index (χ1n) is 10.6. The van der Waals surface area contributed by atoms with Crippen LogP contribution < -0.4 is 14.4 Å². The Morgan fingerprint density at radius 3 is 2.69 bits per heavy atom. The molecule has 0 aromatic heterocycles. The molecular weight excluding hydrogens is 428 g/mol. The van der Waals surface area contributed by atoms with E-state index in [9.17, 15) is 9.59 Å². The molecule has 0 spiro atoms. The number of rotatable bonds is 10. The highest BCUT2D eigenvalue weighted by molar-refractivity contribution is 8.00. The maximum absolute atomic E-state index is 12.5. The van der Waals surface area contributed by atoms with Crippen molar-refractivity contribution < 1.29 is 23.8 Å². The molecule has 1 unspecified atom stereocenters. The molecule has 1 amide bonds. The van der Waals surface area contributed by atoms with Crippen LogP contribution in [-0.4, -0.2) is 57.2 Å². The number of fused-ring (bicyclic) bond motifs is 1.